The van der Waals surface area contributed by atoms with Crippen LogP contribution in [0.5, 0.6) is 0 Å². The zero-order valence-corrected chi connectivity index (χ0v) is 22.8. The van der Waals surface area contributed by atoms with Crippen LogP contribution in [0.1, 0.15) is 31.2 Å². The van der Waals surface area contributed by atoms with Crippen molar-refractivity contribution < 1.29 is 18.9 Å². The first-order valence-electron chi connectivity index (χ1n) is 11.7. The fourth-order valence-electron chi connectivity index (χ4n) is 4.32. The van der Waals surface area contributed by atoms with Crippen LogP contribution in [-0.2, 0) is 9.53 Å². The highest BCUT2D eigenvalue weighted by Gasteiger charge is 2.33. The van der Waals surface area contributed by atoms with Gasteiger partial charge in [-0.3, -0.25) is 19.5 Å². The molecule has 0 saturated heterocycles. The summed E-state index contributed by atoms with van der Waals surface area (Å²) in [7, 11) is 0. The maximum absolute atomic E-state index is 13.7. The molecule has 0 N–H and O–H groups in total. The standard InChI is InChI=1S/C27H19Cl2N3O6S/c1-3-37-26(34)23-14(2)30-27-31(24(23)15-4-6-16(28)7-5-15)25(33)22(39-27)13-18-9-11-21(38-18)19-10-8-17(29)12-20(19)32(35)36/h4-13,24H,3H2,1-2H3/b22-13-. The number of fused-ring (bicyclic) bond motifs is 1. The minimum atomic E-state index is -0.774. The molecule has 9 nitrogen and oxygen atoms in total. The third-order valence-corrected chi connectivity index (χ3v) is 7.49. The summed E-state index contributed by atoms with van der Waals surface area (Å²) in [5.74, 6) is -0.00558. The van der Waals surface area contributed by atoms with E-state index in [2.05, 4.69) is 4.99 Å². The van der Waals surface area contributed by atoms with Crippen LogP contribution in [-0.4, -0.2) is 22.1 Å². The van der Waals surface area contributed by atoms with Gasteiger partial charge in [0.1, 0.15) is 11.5 Å². The van der Waals surface area contributed by atoms with Crippen LogP contribution in [0.2, 0.25) is 10.0 Å². The van der Waals surface area contributed by atoms with E-state index in [9.17, 15) is 19.7 Å². The maximum atomic E-state index is 13.7. The number of nitro benzene ring substituents is 1. The number of esters is 1. The second-order valence-electron chi connectivity index (χ2n) is 8.47. The molecule has 1 aliphatic rings. The number of hydrogen-bond acceptors (Lipinski definition) is 8. The molecule has 0 aliphatic carbocycles. The molecule has 0 saturated carbocycles. The molecular formula is C27H19Cl2N3O6S. The zero-order valence-electron chi connectivity index (χ0n) is 20.5. The van der Waals surface area contributed by atoms with Gasteiger partial charge in [-0.1, -0.05) is 46.7 Å². The van der Waals surface area contributed by atoms with Gasteiger partial charge in [-0.2, -0.15) is 0 Å². The average molecular weight is 584 g/mol. The van der Waals surface area contributed by atoms with Gasteiger partial charge in [0, 0.05) is 22.2 Å². The number of benzene rings is 2. The van der Waals surface area contributed by atoms with Crippen molar-refractivity contribution in [3.8, 4) is 11.3 Å². The second-order valence-corrected chi connectivity index (χ2v) is 10.4. The number of allylic oxidation sites excluding steroid dienone is 1. The lowest BCUT2D eigenvalue weighted by Gasteiger charge is -2.24. The summed E-state index contributed by atoms with van der Waals surface area (Å²) in [6, 6.07) is 13.6. The Balaban J connectivity index is 1.63. The van der Waals surface area contributed by atoms with E-state index in [0.29, 0.717) is 31.4 Å². The minimum absolute atomic E-state index is 0.167. The van der Waals surface area contributed by atoms with Crippen LogP contribution >= 0.6 is 34.5 Å². The predicted molar refractivity (Wildman–Crippen MR) is 148 cm³/mol. The summed E-state index contributed by atoms with van der Waals surface area (Å²) in [6.45, 7) is 3.57. The summed E-state index contributed by atoms with van der Waals surface area (Å²) in [6.07, 6.45) is 1.54. The molecule has 5 rings (SSSR count). The quantitative estimate of drug-likeness (QED) is 0.173. The van der Waals surface area contributed by atoms with E-state index < -0.39 is 16.9 Å². The molecule has 2 aromatic heterocycles. The molecule has 12 heteroatoms. The van der Waals surface area contributed by atoms with Gasteiger partial charge >= 0.3 is 5.97 Å². The summed E-state index contributed by atoms with van der Waals surface area (Å²) in [4.78, 5) is 42.6. The van der Waals surface area contributed by atoms with Gasteiger partial charge in [0.05, 0.1) is 38.9 Å². The van der Waals surface area contributed by atoms with Crippen LogP contribution in [0.4, 0.5) is 5.69 Å². The van der Waals surface area contributed by atoms with Crippen molar-refractivity contribution in [2.45, 2.75) is 19.9 Å². The van der Waals surface area contributed by atoms with E-state index in [4.69, 9.17) is 32.4 Å². The lowest BCUT2D eigenvalue weighted by Crippen LogP contribution is -2.39. The molecule has 0 spiro atoms. The van der Waals surface area contributed by atoms with E-state index in [1.165, 1.54) is 28.8 Å². The minimum Gasteiger partial charge on any atom is -0.463 e. The van der Waals surface area contributed by atoms with E-state index in [1.807, 2.05) is 0 Å². The molecule has 0 radical (unpaired) electrons. The van der Waals surface area contributed by atoms with Gasteiger partial charge in [0.15, 0.2) is 4.80 Å². The van der Waals surface area contributed by atoms with E-state index >= 15 is 0 Å². The number of nitro groups is 1. The van der Waals surface area contributed by atoms with Gasteiger partial charge < -0.3 is 9.15 Å². The van der Waals surface area contributed by atoms with Gasteiger partial charge in [0.25, 0.3) is 11.2 Å². The number of furan rings is 1. The second kappa shape index (κ2) is 10.6. The first kappa shape index (κ1) is 26.6. The van der Waals surface area contributed by atoms with Crippen molar-refractivity contribution in [2.24, 2.45) is 4.99 Å². The monoisotopic (exact) mass is 583 g/mol. The normalized spacial score (nSPS) is 15.2. The molecule has 1 aliphatic heterocycles. The van der Waals surface area contributed by atoms with Crippen molar-refractivity contribution in [3.05, 3.63) is 117 Å². The number of ether oxygens (including phenoxy) is 1. The van der Waals surface area contributed by atoms with Crippen LogP contribution in [0.3, 0.4) is 0 Å². The Bertz CT molecular complexity index is 1840. The average Bonchev–Trinajstić information content (AvgIpc) is 3.48. The fraction of sp³-hybridized carbons (Fsp3) is 0.148. The Labute approximate surface area is 235 Å². The molecule has 1 unspecified atom stereocenters. The number of aromatic nitrogens is 1. The summed E-state index contributed by atoms with van der Waals surface area (Å²) >= 11 is 13.1. The zero-order chi connectivity index (χ0) is 27.8. The third kappa shape index (κ3) is 5.06. The molecule has 0 fully saturated rings. The highest BCUT2D eigenvalue weighted by molar-refractivity contribution is 7.07. The Morgan fingerprint density at radius 2 is 1.90 bits per heavy atom. The number of nitrogens with zero attached hydrogens (tertiary/aromatic N) is 3. The first-order chi connectivity index (χ1) is 18.7. The van der Waals surface area contributed by atoms with Gasteiger partial charge in [-0.25, -0.2) is 9.79 Å². The Morgan fingerprint density at radius 3 is 2.59 bits per heavy atom. The number of carbonyl (C=O) groups is 1. The largest absolute Gasteiger partial charge is 0.463 e. The van der Waals surface area contributed by atoms with Crippen LogP contribution in [0, 0.1) is 10.1 Å². The topological polar surface area (TPSA) is 117 Å². The smallest absolute Gasteiger partial charge is 0.338 e. The molecule has 198 valence electrons. The van der Waals surface area contributed by atoms with Gasteiger partial charge in [0.2, 0.25) is 0 Å². The summed E-state index contributed by atoms with van der Waals surface area (Å²) in [5.41, 5.74) is 1.03. The highest BCUT2D eigenvalue weighted by atomic mass is 35.5. The molecule has 0 bridgehead atoms. The van der Waals surface area contributed by atoms with E-state index in [0.717, 1.165) is 11.3 Å². The predicted octanol–water partition coefficient (Wildman–Crippen LogP) is 5.27. The van der Waals surface area contributed by atoms with E-state index in [-0.39, 0.29) is 39.8 Å². The number of hydrogen-bond donors (Lipinski definition) is 0. The molecule has 2 aromatic carbocycles. The van der Waals surface area contributed by atoms with Crippen molar-refractivity contribution >= 4 is 52.3 Å². The Hall–Kier alpha value is -3.99. The number of thiazole rings is 1. The lowest BCUT2D eigenvalue weighted by molar-refractivity contribution is -0.384. The van der Waals surface area contributed by atoms with Crippen molar-refractivity contribution in [1.82, 2.24) is 4.57 Å². The molecule has 4 aromatic rings. The SMILES string of the molecule is CCOC(=O)C1=C(C)N=c2s/c(=C\c3ccc(-c4ccc(Cl)cc4[N+](=O)[O-])o3)c(=O)n2C1c1ccc(Cl)cc1. The van der Waals surface area contributed by atoms with Crippen molar-refractivity contribution in [3.63, 3.8) is 0 Å². The fourth-order valence-corrected chi connectivity index (χ4v) is 5.64. The molecule has 39 heavy (non-hydrogen) atoms. The number of rotatable bonds is 6. The Morgan fingerprint density at radius 1 is 1.18 bits per heavy atom. The van der Waals surface area contributed by atoms with Crippen molar-refractivity contribution in [1.29, 1.82) is 0 Å². The third-order valence-electron chi connectivity index (χ3n) is 6.02. The summed E-state index contributed by atoms with van der Waals surface area (Å²) < 4.78 is 12.9. The molecular weight excluding hydrogens is 565 g/mol. The number of carbonyl (C=O) groups excluding carboxylic acids is 1. The first-order valence-corrected chi connectivity index (χ1v) is 13.2. The van der Waals surface area contributed by atoms with Crippen molar-refractivity contribution in [2.75, 3.05) is 6.61 Å². The maximum Gasteiger partial charge on any atom is 0.338 e. The summed E-state index contributed by atoms with van der Waals surface area (Å²) in [5, 5.41) is 12.3. The van der Waals surface area contributed by atoms with E-state index in [1.54, 1.807) is 50.2 Å². The Kier molecular flexibility index (Phi) is 7.26. The molecule has 3 heterocycles. The molecule has 0 amide bonds. The van der Waals surface area contributed by atoms with Crippen LogP contribution < -0.4 is 14.9 Å². The highest BCUT2D eigenvalue weighted by Crippen LogP contribution is 2.34. The lowest BCUT2D eigenvalue weighted by atomic mass is 9.96. The van der Waals surface area contributed by atoms with Crippen LogP contribution in [0.15, 0.2) is 80.1 Å². The van der Waals surface area contributed by atoms with Gasteiger partial charge in [-0.05, 0) is 55.8 Å². The van der Waals surface area contributed by atoms with Gasteiger partial charge in [-0.15, -0.1) is 0 Å². The number of halogens is 2. The molecule has 1 atom stereocenters. The van der Waals surface area contributed by atoms with Crippen LogP contribution in [0.25, 0.3) is 17.4 Å².